The van der Waals surface area contributed by atoms with Gasteiger partial charge in [-0.15, -0.1) is 0 Å². The third-order valence-corrected chi connectivity index (χ3v) is 4.16. The fourth-order valence-electron chi connectivity index (χ4n) is 2.90. The molecule has 6 nitrogen and oxygen atoms in total. The third-order valence-electron chi connectivity index (χ3n) is 4.16. The second-order valence-electron chi connectivity index (χ2n) is 5.75. The maximum Gasteiger partial charge on any atom is 0.405 e. The van der Waals surface area contributed by atoms with Crippen LogP contribution in [0.5, 0.6) is 0 Å². The van der Waals surface area contributed by atoms with Gasteiger partial charge >= 0.3 is 6.09 Å². The minimum absolute atomic E-state index is 0.0332. The van der Waals surface area contributed by atoms with Gasteiger partial charge in [0, 0.05) is 18.7 Å². The van der Waals surface area contributed by atoms with Gasteiger partial charge in [-0.25, -0.2) is 4.79 Å². The van der Waals surface area contributed by atoms with E-state index in [1.54, 1.807) is 6.20 Å². The molecule has 116 valence electrons. The number of nitrogens with one attached hydrogen (secondary N) is 2. The second-order valence-corrected chi connectivity index (χ2v) is 5.75. The Labute approximate surface area is 128 Å². The van der Waals surface area contributed by atoms with Crippen molar-refractivity contribution >= 4 is 12.0 Å². The first-order valence-electron chi connectivity index (χ1n) is 7.53. The van der Waals surface area contributed by atoms with Crippen molar-refractivity contribution in [1.29, 1.82) is 0 Å². The van der Waals surface area contributed by atoms with Crippen LogP contribution in [0.1, 0.15) is 42.5 Å². The maximum atomic E-state index is 12.0. The van der Waals surface area contributed by atoms with Crippen LogP contribution in [0.25, 0.3) is 0 Å². The minimum Gasteiger partial charge on any atom is -0.465 e. The molecule has 0 saturated heterocycles. The van der Waals surface area contributed by atoms with Gasteiger partial charge in [-0.3, -0.25) is 9.78 Å². The third kappa shape index (κ3) is 3.27. The Kier molecular flexibility index (Phi) is 4.09. The maximum absolute atomic E-state index is 12.0. The number of hydrogen-bond acceptors (Lipinski definition) is 3. The Hall–Kier alpha value is -2.37. The lowest BCUT2D eigenvalue weighted by Gasteiger charge is -2.15. The second kappa shape index (κ2) is 6.17. The van der Waals surface area contributed by atoms with Gasteiger partial charge in [0.1, 0.15) is 0 Å². The predicted octanol–water partition coefficient (Wildman–Crippen LogP) is 1.96. The van der Waals surface area contributed by atoms with Crippen molar-refractivity contribution in [3.63, 3.8) is 0 Å². The number of carbonyl (C=O) groups is 2. The number of amides is 2. The summed E-state index contributed by atoms with van der Waals surface area (Å²) >= 11 is 0. The summed E-state index contributed by atoms with van der Waals surface area (Å²) in [5.41, 5.74) is 1.76. The molecule has 1 aliphatic heterocycles. The molecule has 0 spiro atoms. The molecule has 1 aromatic heterocycles. The highest BCUT2D eigenvalue weighted by Gasteiger charge is 2.44. The number of pyridine rings is 1. The number of carboxylic acid groups (broad SMARTS) is 1. The average Bonchev–Trinajstić information content (AvgIpc) is 3.29. The number of nitrogens with zero attached hydrogens (tertiary/aromatic N) is 1. The predicted molar refractivity (Wildman–Crippen MR) is 80.4 cm³/mol. The first kappa shape index (κ1) is 14.6. The largest absolute Gasteiger partial charge is 0.465 e. The molecule has 0 radical (unpaired) electrons. The van der Waals surface area contributed by atoms with Gasteiger partial charge in [0.2, 0.25) is 5.91 Å². The molecule has 22 heavy (non-hydrogen) atoms. The summed E-state index contributed by atoms with van der Waals surface area (Å²) in [6.07, 6.45) is 6.66. The average molecular weight is 301 g/mol. The van der Waals surface area contributed by atoms with Crippen LogP contribution < -0.4 is 10.6 Å². The van der Waals surface area contributed by atoms with Crippen LogP contribution in [-0.4, -0.2) is 28.6 Å². The molecular formula is C16H19N3O3. The molecule has 1 fully saturated rings. The molecule has 2 bridgehead atoms. The molecule has 0 unspecified atom stereocenters. The van der Waals surface area contributed by atoms with Gasteiger partial charge in [-0.2, -0.15) is 0 Å². The van der Waals surface area contributed by atoms with Crippen molar-refractivity contribution in [3.05, 3.63) is 41.7 Å². The van der Waals surface area contributed by atoms with Crippen LogP contribution in [0.3, 0.4) is 0 Å². The molecule has 2 amide bonds. The van der Waals surface area contributed by atoms with E-state index in [9.17, 15) is 9.59 Å². The molecule has 2 heterocycles. The van der Waals surface area contributed by atoms with Gasteiger partial charge < -0.3 is 15.7 Å². The van der Waals surface area contributed by atoms with E-state index in [2.05, 4.69) is 15.6 Å². The SMILES string of the molecule is O=C(O)N[C@H]1C/C=C/CCNC(=O)[C@@H]2C[C@@H]2c2ccnc1c2. The van der Waals surface area contributed by atoms with Crippen LogP contribution in [0.4, 0.5) is 4.79 Å². The Bertz CT molecular complexity index is 614. The number of hydrogen-bond donors (Lipinski definition) is 3. The summed E-state index contributed by atoms with van der Waals surface area (Å²) in [6, 6.07) is 3.47. The summed E-state index contributed by atoms with van der Waals surface area (Å²) in [7, 11) is 0. The highest BCUT2D eigenvalue weighted by Crippen LogP contribution is 2.47. The number of carbonyl (C=O) groups excluding carboxylic acids is 1. The summed E-state index contributed by atoms with van der Waals surface area (Å²) in [6.45, 7) is 0.616. The fourth-order valence-corrected chi connectivity index (χ4v) is 2.90. The van der Waals surface area contributed by atoms with Crippen molar-refractivity contribution in [2.24, 2.45) is 5.92 Å². The van der Waals surface area contributed by atoms with Crippen molar-refractivity contribution < 1.29 is 14.7 Å². The Morgan fingerprint density at radius 1 is 1.36 bits per heavy atom. The van der Waals surface area contributed by atoms with Gasteiger partial charge in [0.25, 0.3) is 0 Å². The van der Waals surface area contributed by atoms with Crippen molar-refractivity contribution in [2.45, 2.75) is 31.2 Å². The number of fused-ring (bicyclic) bond motifs is 4. The zero-order valence-corrected chi connectivity index (χ0v) is 12.2. The lowest BCUT2D eigenvalue weighted by atomic mass is 10.0. The van der Waals surface area contributed by atoms with E-state index in [-0.39, 0.29) is 23.8 Å². The summed E-state index contributed by atoms with van der Waals surface area (Å²) in [5.74, 6) is 0.364. The smallest absolute Gasteiger partial charge is 0.405 e. The standard InChI is InChI=1S/C16H19N3O3/c20-15-12-9-11(12)10-5-7-17-14(8-10)13(19-16(21)22)4-2-1-3-6-18-15/h1-2,5,7-8,11-13,19H,3-4,6,9H2,(H,18,20)(H,21,22)/b2-1+/t11-,12-,13+/m1/s1. The summed E-state index contributed by atoms with van der Waals surface area (Å²) < 4.78 is 0. The Morgan fingerprint density at radius 3 is 3.05 bits per heavy atom. The molecule has 1 saturated carbocycles. The van der Waals surface area contributed by atoms with Crippen LogP contribution in [0.2, 0.25) is 0 Å². The van der Waals surface area contributed by atoms with E-state index < -0.39 is 6.09 Å². The summed E-state index contributed by atoms with van der Waals surface area (Å²) in [5, 5.41) is 14.5. The zero-order chi connectivity index (χ0) is 15.5. The van der Waals surface area contributed by atoms with Crippen molar-refractivity contribution in [2.75, 3.05) is 6.54 Å². The highest BCUT2D eigenvalue weighted by molar-refractivity contribution is 5.82. The molecule has 6 heteroatoms. The molecule has 1 aromatic rings. The zero-order valence-electron chi connectivity index (χ0n) is 12.2. The van der Waals surface area contributed by atoms with Gasteiger partial charge in [0.15, 0.2) is 0 Å². The quantitative estimate of drug-likeness (QED) is 0.691. The van der Waals surface area contributed by atoms with E-state index in [1.165, 1.54) is 0 Å². The van der Waals surface area contributed by atoms with E-state index in [0.717, 1.165) is 18.4 Å². The molecule has 1 aliphatic carbocycles. The number of rotatable bonds is 1. The van der Waals surface area contributed by atoms with Crippen molar-refractivity contribution in [3.8, 4) is 0 Å². The molecule has 3 atom stereocenters. The minimum atomic E-state index is -1.06. The molecule has 3 N–H and O–H groups in total. The summed E-state index contributed by atoms with van der Waals surface area (Å²) in [4.78, 5) is 27.3. The van der Waals surface area contributed by atoms with Gasteiger partial charge in [-0.05, 0) is 42.9 Å². The normalized spacial score (nSPS) is 28.9. The van der Waals surface area contributed by atoms with Crippen LogP contribution in [0.15, 0.2) is 30.5 Å². The van der Waals surface area contributed by atoms with E-state index in [1.807, 2.05) is 24.3 Å². The Morgan fingerprint density at radius 2 is 2.23 bits per heavy atom. The lowest BCUT2D eigenvalue weighted by molar-refractivity contribution is -0.122. The molecule has 2 aliphatic rings. The molecule has 3 rings (SSSR count). The van der Waals surface area contributed by atoms with Crippen LogP contribution >= 0.6 is 0 Å². The first-order chi connectivity index (χ1) is 10.6. The van der Waals surface area contributed by atoms with Crippen LogP contribution in [0, 0.1) is 5.92 Å². The molecular weight excluding hydrogens is 282 g/mol. The number of aromatic nitrogens is 1. The van der Waals surface area contributed by atoms with E-state index >= 15 is 0 Å². The highest BCUT2D eigenvalue weighted by atomic mass is 16.4. The van der Waals surface area contributed by atoms with E-state index in [0.29, 0.717) is 18.7 Å². The van der Waals surface area contributed by atoms with E-state index in [4.69, 9.17) is 5.11 Å². The van der Waals surface area contributed by atoms with Gasteiger partial charge in [-0.1, -0.05) is 12.2 Å². The van der Waals surface area contributed by atoms with Gasteiger partial charge in [0.05, 0.1) is 11.7 Å². The monoisotopic (exact) mass is 301 g/mol. The van der Waals surface area contributed by atoms with Crippen molar-refractivity contribution in [1.82, 2.24) is 15.6 Å². The Balaban J connectivity index is 1.88. The first-order valence-corrected chi connectivity index (χ1v) is 7.53. The lowest BCUT2D eigenvalue weighted by Crippen LogP contribution is -2.27. The van der Waals surface area contributed by atoms with Crippen LogP contribution in [-0.2, 0) is 4.79 Å². The topological polar surface area (TPSA) is 91.3 Å². The molecule has 0 aromatic carbocycles. The fraction of sp³-hybridized carbons (Fsp3) is 0.438.